The van der Waals surface area contributed by atoms with Crippen LogP contribution in [-0.2, 0) is 6.42 Å². The van der Waals surface area contributed by atoms with Crippen molar-refractivity contribution in [1.29, 1.82) is 0 Å². The summed E-state index contributed by atoms with van der Waals surface area (Å²) in [5.74, 6) is 4.33. The molecule has 1 aromatic rings. The van der Waals surface area contributed by atoms with Gasteiger partial charge in [-0.3, -0.25) is 4.98 Å². The summed E-state index contributed by atoms with van der Waals surface area (Å²) in [6, 6.07) is 4.37. The Morgan fingerprint density at radius 2 is 1.87 bits per heavy atom. The van der Waals surface area contributed by atoms with Gasteiger partial charge in [0.2, 0.25) is 0 Å². The van der Waals surface area contributed by atoms with Crippen LogP contribution in [0.3, 0.4) is 0 Å². The largest absolute Gasteiger partial charge is 0.393 e. The van der Waals surface area contributed by atoms with Gasteiger partial charge < -0.3 is 5.11 Å². The number of nitrogens with zero attached hydrogens (tertiary/aromatic N) is 1. The molecular weight excluding hydrogens is 366 g/mol. The molecule has 0 radical (unpaired) electrons. The van der Waals surface area contributed by atoms with Gasteiger partial charge >= 0.3 is 0 Å². The predicted octanol–water partition coefficient (Wildman–Crippen LogP) is 6.59. The molecule has 3 saturated carbocycles. The Labute approximate surface area is 183 Å². The summed E-state index contributed by atoms with van der Waals surface area (Å²) < 4.78 is 0. The maximum absolute atomic E-state index is 10.2. The van der Waals surface area contributed by atoms with Gasteiger partial charge in [-0.25, -0.2) is 0 Å². The van der Waals surface area contributed by atoms with Crippen LogP contribution in [0.25, 0.3) is 0 Å². The number of aryl methyl sites for hydroxylation is 1. The number of hydrogen-bond donors (Lipinski definition) is 1. The molecule has 1 heterocycles. The number of allylic oxidation sites excluding steroid dienone is 1. The van der Waals surface area contributed by atoms with E-state index in [1.54, 1.807) is 5.57 Å². The van der Waals surface area contributed by atoms with Gasteiger partial charge in [-0.05, 0) is 122 Å². The van der Waals surface area contributed by atoms with Crippen LogP contribution in [0.2, 0.25) is 0 Å². The van der Waals surface area contributed by atoms with Crippen molar-refractivity contribution in [3.05, 3.63) is 41.7 Å². The van der Waals surface area contributed by atoms with Crippen molar-refractivity contribution < 1.29 is 5.11 Å². The Kier molecular flexibility index (Phi) is 5.37. The summed E-state index contributed by atoms with van der Waals surface area (Å²) in [5.41, 5.74) is 3.95. The summed E-state index contributed by atoms with van der Waals surface area (Å²) in [6.45, 7) is 7.75. The zero-order valence-corrected chi connectivity index (χ0v) is 19.3. The van der Waals surface area contributed by atoms with Crippen molar-refractivity contribution >= 4 is 0 Å². The zero-order chi connectivity index (χ0) is 20.9. The van der Waals surface area contributed by atoms with Crippen LogP contribution < -0.4 is 0 Å². The van der Waals surface area contributed by atoms with Gasteiger partial charge in [0.1, 0.15) is 0 Å². The van der Waals surface area contributed by atoms with Crippen molar-refractivity contribution in [3.63, 3.8) is 0 Å². The van der Waals surface area contributed by atoms with Crippen molar-refractivity contribution in [2.75, 3.05) is 0 Å². The third-order valence-electron chi connectivity index (χ3n) is 10.5. The molecule has 4 aliphatic rings. The van der Waals surface area contributed by atoms with E-state index in [1.165, 1.54) is 56.9 Å². The monoisotopic (exact) mass is 407 g/mol. The number of fused-ring (bicyclic) bond motifs is 5. The lowest BCUT2D eigenvalue weighted by Crippen LogP contribution is -2.50. The summed E-state index contributed by atoms with van der Waals surface area (Å²) >= 11 is 0. The minimum absolute atomic E-state index is 0.0909. The molecule has 2 nitrogen and oxygen atoms in total. The molecule has 7 unspecified atom stereocenters. The lowest BCUT2D eigenvalue weighted by Gasteiger charge is -2.58. The van der Waals surface area contributed by atoms with Crippen LogP contribution in [0.15, 0.2) is 36.2 Å². The average molecular weight is 408 g/mol. The summed E-state index contributed by atoms with van der Waals surface area (Å²) in [6.07, 6.45) is 19.0. The number of pyridine rings is 1. The number of rotatable bonds is 4. The SMILES string of the molecule is C[C@@H](CCc1ccncc1)C1CCC2C3CC=C4CC(O)CCC4(C)C3CCC21C. The number of aliphatic hydroxyl groups excluding tert-OH is 1. The third-order valence-corrected chi connectivity index (χ3v) is 10.5. The van der Waals surface area contributed by atoms with E-state index in [2.05, 4.69) is 44.0 Å². The first-order valence-corrected chi connectivity index (χ1v) is 12.7. The van der Waals surface area contributed by atoms with E-state index in [4.69, 9.17) is 0 Å². The fourth-order valence-corrected chi connectivity index (χ4v) is 8.76. The van der Waals surface area contributed by atoms with Crippen LogP contribution in [0.4, 0.5) is 0 Å². The molecule has 1 aromatic heterocycles. The predicted molar refractivity (Wildman–Crippen MR) is 123 cm³/mol. The van der Waals surface area contributed by atoms with E-state index < -0.39 is 0 Å². The normalized spacial score (nSPS) is 43.9. The topological polar surface area (TPSA) is 33.1 Å². The summed E-state index contributed by atoms with van der Waals surface area (Å²) in [5, 5.41) is 10.2. The average Bonchev–Trinajstić information content (AvgIpc) is 3.10. The highest BCUT2D eigenvalue weighted by Gasteiger charge is 2.59. The van der Waals surface area contributed by atoms with Crippen LogP contribution in [-0.4, -0.2) is 16.2 Å². The fraction of sp³-hybridized carbons (Fsp3) is 0.750. The van der Waals surface area contributed by atoms with Gasteiger partial charge in [0.25, 0.3) is 0 Å². The van der Waals surface area contributed by atoms with Gasteiger partial charge in [0.05, 0.1) is 6.10 Å². The van der Waals surface area contributed by atoms with E-state index in [0.717, 1.165) is 42.4 Å². The molecule has 0 saturated heterocycles. The van der Waals surface area contributed by atoms with E-state index in [-0.39, 0.29) is 6.10 Å². The molecule has 0 aromatic carbocycles. The van der Waals surface area contributed by atoms with E-state index >= 15 is 0 Å². The lowest BCUT2D eigenvalue weighted by molar-refractivity contribution is -0.0571. The van der Waals surface area contributed by atoms with Crippen LogP contribution in [0.5, 0.6) is 0 Å². The smallest absolute Gasteiger partial charge is 0.0577 e. The first-order chi connectivity index (χ1) is 14.4. The molecule has 2 heteroatoms. The Hall–Kier alpha value is -1.15. The Morgan fingerprint density at radius 1 is 1.07 bits per heavy atom. The maximum atomic E-state index is 10.2. The molecule has 3 fully saturated rings. The van der Waals surface area contributed by atoms with E-state index in [1.807, 2.05) is 12.4 Å². The van der Waals surface area contributed by atoms with Crippen LogP contribution in [0, 0.1) is 40.4 Å². The molecule has 164 valence electrons. The molecule has 8 atom stereocenters. The van der Waals surface area contributed by atoms with Crippen molar-refractivity contribution in [1.82, 2.24) is 4.98 Å². The molecule has 1 N–H and O–H groups in total. The molecule has 0 aliphatic heterocycles. The second kappa shape index (κ2) is 7.76. The number of hydrogen-bond acceptors (Lipinski definition) is 2. The standard InChI is InChI=1S/C28H41NO/c1-19(4-5-20-12-16-29-17-13-20)24-8-9-25-23-7-6-21-18-22(30)10-14-27(21,2)26(23)11-15-28(24,25)3/h6,12-13,16-17,19,22-26,30H,4-5,7-11,14-15,18H2,1-3H3/t19-,22?,23?,24?,25?,26?,27?,28?/m0/s1. The van der Waals surface area contributed by atoms with Crippen LogP contribution in [0.1, 0.15) is 84.1 Å². The second-order valence-corrected chi connectivity index (χ2v) is 11.8. The molecular formula is C28H41NO. The molecule has 0 amide bonds. The van der Waals surface area contributed by atoms with E-state index in [0.29, 0.717) is 10.8 Å². The second-order valence-electron chi connectivity index (χ2n) is 11.8. The number of aromatic nitrogens is 1. The van der Waals surface area contributed by atoms with E-state index in [9.17, 15) is 5.11 Å². The minimum Gasteiger partial charge on any atom is -0.393 e. The Morgan fingerprint density at radius 3 is 2.67 bits per heavy atom. The molecule has 4 aliphatic carbocycles. The highest BCUT2D eigenvalue weighted by molar-refractivity contribution is 5.25. The zero-order valence-electron chi connectivity index (χ0n) is 19.3. The Balaban J connectivity index is 1.31. The lowest BCUT2D eigenvalue weighted by atomic mass is 9.47. The molecule has 0 spiro atoms. The van der Waals surface area contributed by atoms with Crippen molar-refractivity contribution in [3.8, 4) is 0 Å². The first-order valence-electron chi connectivity index (χ1n) is 12.7. The molecule has 0 bridgehead atoms. The van der Waals surface area contributed by atoms with Gasteiger partial charge in [-0.15, -0.1) is 0 Å². The minimum atomic E-state index is -0.0909. The third kappa shape index (κ3) is 3.29. The highest BCUT2D eigenvalue weighted by Crippen LogP contribution is 2.67. The fourth-order valence-electron chi connectivity index (χ4n) is 8.76. The quantitative estimate of drug-likeness (QED) is 0.571. The van der Waals surface area contributed by atoms with Gasteiger partial charge in [0, 0.05) is 12.4 Å². The number of aliphatic hydroxyl groups is 1. The van der Waals surface area contributed by atoms with Gasteiger partial charge in [-0.2, -0.15) is 0 Å². The Bertz CT molecular complexity index is 787. The van der Waals surface area contributed by atoms with Gasteiger partial charge in [0.15, 0.2) is 0 Å². The summed E-state index contributed by atoms with van der Waals surface area (Å²) in [4.78, 5) is 4.17. The van der Waals surface area contributed by atoms with Crippen LogP contribution >= 0.6 is 0 Å². The highest BCUT2D eigenvalue weighted by atomic mass is 16.3. The maximum Gasteiger partial charge on any atom is 0.0577 e. The molecule has 30 heavy (non-hydrogen) atoms. The summed E-state index contributed by atoms with van der Waals surface area (Å²) in [7, 11) is 0. The van der Waals surface area contributed by atoms with Crippen molar-refractivity contribution in [2.24, 2.45) is 40.4 Å². The first kappa shape index (κ1) is 20.7. The molecule has 5 rings (SSSR count). The van der Waals surface area contributed by atoms with Gasteiger partial charge in [-0.1, -0.05) is 32.4 Å². The van der Waals surface area contributed by atoms with Crippen molar-refractivity contribution in [2.45, 2.75) is 91.1 Å².